The normalized spacial score (nSPS) is 20.5. The molecule has 0 radical (unpaired) electrons. The van der Waals surface area contributed by atoms with Gasteiger partial charge in [-0.1, -0.05) is 18.2 Å². The number of benzene rings is 1. The number of para-hydroxylation sites is 1. The summed E-state index contributed by atoms with van der Waals surface area (Å²) < 4.78 is 0. The van der Waals surface area contributed by atoms with Crippen LogP contribution in [0.15, 0.2) is 24.3 Å². The van der Waals surface area contributed by atoms with Crippen LogP contribution in [-0.2, 0) is 20.8 Å². The molecule has 1 aromatic carbocycles. The molecule has 3 amide bonds. The van der Waals surface area contributed by atoms with E-state index in [0.29, 0.717) is 45.4 Å². The highest BCUT2D eigenvalue weighted by Gasteiger charge is 2.27. The van der Waals surface area contributed by atoms with Gasteiger partial charge in [0.2, 0.25) is 17.7 Å². The lowest BCUT2D eigenvalue weighted by Gasteiger charge is -2.26. The highest BCUT2D eigenvalue weighted by atomic mass is 16.2. The molecule has 2 aliphatic heterocycles. The Morgan fingerprint density at radius 3 is 2.64 bits per heavy atom. The van der Waals surface area contributed by atoms with Crippen LogP contribution in [0.25, 0.3) is 0 Å². The van der Waals surface area contributed by atoms with Gasteiger partial charge in [-0.3, -0.25) is 14.4 Å². The van der Waals surface area contributed by atoms with E-state index in [1.54, 1.807) is 11.8 Å². The molecule has 0 spiro atoms. The molecule has 1 saturated heterocycles. The van der Waals surface area contributed by atoms with Crippen LogP contribution in [0, 0.1) is 5.92 Å². The van der Waals surface area contributed by atoms with Crippen molar-refractivity contribution in [3.63, 3.8) is 0 Å². The predicted octanol–water partition coefficient (Wildman–Crippen LogP) is 1.66. The highest BCUT2D eigenvalue weighted by Crippen LogP contribution is 2.27. The smallest absolute Gasteiger partial charge is 0.227 e. The third-order valence-electron chi connectivity index (χ3n) is 5.11. The summed E-state index contributed by atoms with van der Waals surface area (Å²) in [5.41, 5.74) is 2.01. The first kappa shape index (κ1) is 17.5. The summed E-state index contributed by atoms with van der Waals surface area (Å²) in [7, 11) is 0. The van der Waals surface area contributed by atoms with Gasteiger partial charge in [0.1, 0.15) is 0 Å². The zero-order valence-corrected chi connectivity index (χ0v) is 14.7. The Morgan fingerprint density at radius 1 is 1.12 bits per heavy atom. The maximum absolute atomic E-state index is 12.5. The summed E-state index contributed by atoms with van der Waals surface area (Å²) in [4.78, 5) is 39.8. The number of anilines is 1. The molecule has 3 rings (SSSR count). The third-order valence-corrected chi connectivity index (χ3v) is 5.11. The zero-order chi connectivity index (χ0) is 17.8. The second kappa shape index (κ2) is 7.68. The fourth-order valence-corrected chi connectivity index (χ4v) is 3.58. The van der Waals surface area contributed by atoms with Crippen molar-refractivity contribution in [2.45, 2.75) is 32.6 Å². The Balaban J connectivity index is 1.52. The molecule has 1 unspecified atom stereocenters. The van der Waals surface area contributed by atoms with Crippen LogP contribution in [0.2, 0.25) is 0 Å². The van der Waals surface area contributed by atoms with Gasteiger partial charge in [-0.2, -0.15) is 0 Å². The number of nitrogens with one attached hydrogen (secondary N) is 1. The molecule has 0 aromatic heterocycles. The van der Waals surface area contributed by atoms with E-state index in [-0.39, 0.29) is 23.6 Å². The predicted molar refractivity (Wildman–Crippen MR) is 95.0 cm³/mol. The second-order valence-electron chi connectivity index (χ2n) is 6.83. The van der Waals surface area contributed by atoms with E-state index in [2.05, 4.69) is 5.32 Å². The van der Waals surface area contributed by atoms with E-state index in [4.69, 9.17) is 0 Å². The van der Waals surface area contributed by atoms with Crippen molar-refractivity contribution in [1.82, 2.24) is 9.80 Å². The summed E-state index contributed by atoms with van der Waals surface area (Å²) in [6.07, 6.45) is 2.43. The Bertz CT molecular complexity index is 674. The van der Waals surface area contributed by atoms with Crippen LogP contribution < -0.4 is 5.32 Å². The number of rotatable bonds is 3. The molecule has 2 aliphatic rings. The Morgan fingerprint density at radius 2 is 1.84 bits per heavy atom. The van der Waals surface area contributed by atoms with Gasteiger partial charge in [0, 0.05) is 51.1 Å². The van der Waals surface area contributed by atoms with Gasteiger partial charge >= 0.3 is 0 Å². The lowest BCUT2D eigenvalue weighted by atomic mass is 9.89. The standard InChI is InChI=1S/C19H25N3O3/c1-14(23)21-9-4-10-22(12-11-21)18(24)8-7-16-13-15-5-2-3-6-17(15)20-19(16)25/h2-3,5-6,16H,4,7-13H2,1H3,(H,20,25). The number of hydrogen-bond donors (Lipinski definition) is 1. The average Bonchev–Trinajstić information content (AvgIpc) is 2.86. The molecule has 1 atom stereocenters. The van der Waals surface area contributed by atoms with Crippen LogP contribution in [0.3, 0.4) is 0 Å². The van der Waals surface area contributed by atoms with Crippen molar-refractivity contribution in [1.29, 1.82) is 0 Å². The van der Waals surface area contributed by atoms with Crippen LogP contribution >= 0.6 is 0 Å². The van der Waals surface area contributed by atoms with Crippen LogP contribution in [0.5, 0.6) is 0 Å². The molecular formula is C19H25N3O3. The fourth-order valence-electron chi connectivity index (χ4n) is 3.58. The van der Waals surface area contributed by atoms with Gasteiger partial charge in [0.15, 0.2) is 0 Å². The van der Waals surface area contributed by atoms with Gasteiger partial charge in [-0.15, -0.1) is 0 Å². The minimum Gasteiger partial charge on any atom is -0.341 e. The van der Waals surface area contributed by atoms with Crippen molar-refractivity contribution in [2.75, 3.05) is 31.5 Å². The number of hydrogen-bond acceptors (Lipinski definition) is 3. The van der Waals surface area contributed by atoms with Crippen LogP contribution in [-0.4, -0.2) is 53.7 Å². The molecule has 1 fully saturated rings. The van der Waals surface area contributed by atoms with E-state index >= 15 is 0 Å². The quantitative estimate of drug-likeness (QED) is 0.907. The molecule has 0 saturated carbocycles. The first-order valence-corrected chi connectivity index (χ1v) is 8.96. The number of carbonyl (C=O) groups excluding carboxylic acids is 3. The first-order valence-electron chi connectivity index (χ1n) is 8.96. The molecule has 6 heteroatoms. The third kappa shape index (κ3) is 4.18. The van der Waals surface area contributed by atoms with Gasteiger partial charge in [0.05, 0.1) is 0 Å². The summed E-state index contributed by atoms with van der Waals surface area (Å²) in [5.74, 6) is -0.00595. The molecule has 6 nitrogen and oxygen atoms in total. The van der Waals surface area contributed by atoms with Crippen molar-refractivity contribution in [3.8, 4) is 0 Å². The Kier molecular flexibility index (Phi) is 5.36. The summed E-state index contributed by atoms with van der Waals surface area (Å²) >= 11 is 0. The molecule has 2 heterocycles. The number of fused-ring (bicyclic) bond motifs is 1. The van der Waals surface area contributed by atoms with Gasteiger partial charge in [0.25, 0.3) is 0 Å². The molecule has 1 N–H and O–H groups in total. The van der Waals surface area contributed by atoms with Gasteiger partial charge in [-0.05, 0) is 30.9 Å². The lowest BCUT2D eigenvalue weighted by Crippen LogP contribution is -2.37. The van der Waals surface area contributed by atoms with Crippen molar-refractivity contribution in [2.24, 2.45) is 5.92 Å². The van der Waals surface area contributed by atoms with E-state index in [9.17, 15) is 14.4 Å². The zero-order valence-electron chi connectivity index (χ0n) is 14.7. The molecule has 134 valence electrons. The molecular weight excluding hydrogens is 318 g/mol. The summed E-state index contributed by atoms with van der Waals surface area (Å²) in [5, 5.41) is 2.93. The number of amides is 3. The first-order chi connectivity index (χ1) is 12.0. The van der Waals surface area contributed by atoms with Gasteiger partial charge < -0.3 is 15.1 Å². The van der Waals surface area contributed by atoms with E-state index in [1.807, 2.05) is 29.2 Å². The van der Waals surface area contributed by atoms with Crippen LogP contribution in [0.4, 0.5) is 5.69 Å². The molecule has 0 bridgehead atoms. The minimum atomic E-state index is -0.153. The lowest BCUT2D eigenvalue weighted by molar-refractivity contribution is -0.133. The largest absolute Gasteiger partial charge is 0.341 e. The van der Waals surface area contributed by atoms with Crippen molar-refractivity contribution < 1.29 is 14.4 Å². The summed E-state index contributed by atoms with van der Waals surface area (Å²) in [6.45, 7) is 4.14. The maximum atomic E-state index is 12.5. The van der Waals surface area contributed by atoms with Crippen molar-refractivity contribution >= 4 is 23.4 Å². The van der Waals surface area contributed by atoms with E-state index in [1.165, 1.54) is 0 Å². The SMILES string of the molecule is CC(=O)N1CCCN(C(=O)CCC2Cc3ccccc3NC2=O)CC1. The summed E-state index contributed by atoms with van der Waals surface area (Å²) in [6, 6.07) is 7.81. The monoisotopic (exact) mass is 343 g/mol. The fraction of sp³-hybridized carbons (Fsp3) is 0.526. The minimum absolute atomic E-state index is 0.00474. The van der Waals surface area contributed by atoms with Gasteiger partial charge in [-0.25, -0.2) is 0 Å². The van der Waals surface area contributed by atoms with E-state index in [0.717, 1.165) is 17.7 Å². The molecule has 1 aromatic rings. The number of carbonyl (C=O) groups is 3. The maximum Gasteiger partial charge on any atom is 0.227 e. The highest BCUT2D eigenvalue weighted by molar-refractivity contribution is 5.96. The average molecular weight is 343 g/mol. The molecule has 0 aliphatic carbocycles. The second-order valence-corrected chi connectivity index (χ2v) is 6.83. The number of nitrogens with zero attached hydrogens (tertiary/aromatic N) is 2. The van der Waals surface area contributed by atoms with Crippen molar-refractivity contribution in [3.05, 3.63) is 29.8 Å². The Hall–Kier alpha value is -2.37. The topological polar surface area (TPSA) is 69.7 Å². The van der Waals surface area contributed by atoms with Crippen LogP contribution in [0.1, 0.15) is 31.7 Å². The Labute approximate surface area is 148 Å². The van der Waals surface area contributed by atoms with E-state index < -0.39 is 0 Å². The molecule has 25 heavy (non-hydrogen) atoms.